The molecule has 2 heterocycles. The molecule has 1 aliphatic heterocycles. The summed E-state index contributed by atoms with van der Waals surface area (Å²) in [7, 11) is 0. The largest absolute Gasteiger partial charge is 0.347 e. The zero-order chi connectivity index (χ0) is 16.1. The van der Waals surface area contributed by atoms with E-state index in [1.807, 2.05) is 36.5 Å². The van der Waals surface area contributed by atoms with Crippen LogP contribution in [-0.2, 0) is 16.0 Å². The summed E-state index contributed by atoms with van der Waals surface area (Å²) < 4.78 is 1.73. The van der Waals surface area contributed by atoms with Crippen LogP contribution in [0, 0.1) is 0 Å². The molecule has 1 aliphatic rings. The second kappa shape index (κ2) is 7.09. The Kier molecular flexibility index (Phi) is 4.71. The van der Waals surface area contributed by atoms with Gasteiger partial charge in [-0.2, -0.15) is 5.10 Å². The minimum Gasteiger partial charge on any atom is -0.347 e. The van der Waals surface area contributed by atoms with Gasteiger partial charge in [-0.1, -0.05) is 18.2 Å². The Morgan fingerprint density at radius 1 is 1.13 bits per heavy atom. The Morgan fingerprint density at radius 3 is 2.61 bits per heavy atom. The summed E-state index contributed by atoms with van der Waals surface area (Å²) in [6.07, 6.45) is 5.84. The fraction of sp³-hybridized carbons (Fsp3) is 0.353. The molecule has 0 aliphatic carbocycles. The summed E-state index contributed by atoms with van der Waals surface area (Å²) in [4.78, 5) is 25.6. The van der Waals surface area contributed by atoms with Gasteiger partial charge in [0.15, 0.2) is 0 Å². The number of nitrogens with zero attached hydrogens (tertiary/aromatic N) is 3. The monoisotopic (exact) mass is 312 g/mol. The zero-order valence-electron chi connectivity index (χ0n) is 12.9. The molecule has 0 radical (unpaired) electrons. The number of carbonyl (C=O) groups excluding carboxylic acids is 2. The molecule has 120 valence electrons. The Morgan fingerprint density at radius 2 is 1.87 bits per heavy atom. The molecule has 1 aromatic heterocycles. The van der Waals surface area contributed by atoms with Gasteiger partial charge < -0.3 is 10.2 Å². The summed E-state index contributed by atoms with van der Waals surface area (Å²) in [6, 6.07) is 9.72. The van der Waals surface area contributed by atoms with Crippen molar-refractivity contribution in [2.45, 2.75) is 19.3 Å². The highest BCUT2D eigenvalue weighted by Crippen LogP contribution is 2.08. The SMILES string of the molecule is O=C(Cc1cnn(-c2ccccc2)c1)NCC(=O)N1CCCC1. The van der Waals surface area contributed by atoms with E-state index in [0.717, 1.165) is 37.2 Å². The van der Waals surface area contributed by atoms with E-state index >= 15 is 0 Å². The lowest BCUT2D eigenvalue weighted by Gasteiger charge is -2.15. The highest BCUT2D eigenvalue weighted by atomic mass is 16.2. The van der Waals surface area contributed by atoms with Crippen LogP contribution in [0.1, 0.15) is 18.4 Å². The van der Waals surface area contributed by atoms with Crippen molar-refractivity contribution in [3.63, 3.8) is 0 Å². The molecule has 1 aromatic carbocycles. The molecular weight excluding hydrogens is 292 g/mol. The number of likely N-dealkylation sites (tertiary alicyclic amines) is 1. The summed E-state index contributed by atoms with van der Waals surface area (Å²) in [5.41, 5.74) is 1.77. The van der Waals surface area contributed by atoms with E-state index in [-0.39, 0.29) is 24.8 Å². The van der Waals surface area contributed by atoms with Crippen LogP contribution in [0.2, 0.25) is 0 Å². The normalized spacial score (nSPS) is 14.0. The molecule has 2 amide bonds. The van der Waals surface area contributed by atoms with E-state index in [9.17, 15) is 9.59 Å². The first-order chi connectivity index (χ1) is 11.2. The average molecular weight is 312 g/mol. The highest BCUT2D eigenvalue weighted by molar-refractivity contribution is 5.85. The van der Waals surface area contributed by atoms with Gasteiger partial charge in [-0.05, 0) is 30.5 Å². The van der Waals surface area contributed by atoms with E-state index < -0.39 is 0 Å². The molecule has 23 heavy (non-hydrogen) atoms. The topological polar surface area (TPSA) is 67.2 Å². The molecule has 0 unspecified atom stereocenters. The lowest BCUT2D eigenvalue weighted by Crippen LogP contribution is -2.39. The van der Waals surface area contributed by atoms with Gasteiger partial charge in [-0.3, -0.25) is 9.59 Å². The Balaban J connectivity index is 1.50. The van der Waals surface area contributed by atoms with E-state index in [0.29, 0.717) is 0 Å². The van der Waals surface area contributed by atoms with Crippen molar-refractivity contribution in [2.75, 3.05) is 19.6 Å². The van der Waals surface area contributed by atoms with Gasteiger partial charge in [-0.25, -0.2) is 4.68 Å². The average Bonchev–Trinajstić information content (AvgIpc) is 3.25. The quantitative estimate of drug-likeness (QED) is 0.901. The number of carbonyl (C=O) groups is 2. The molecule has 1 saturated heterocycles. The zero-order valence-corrected chi connectivity index (χ0v) is 12.9. The van der Waals surface area contributed by atoms with Crippen LogP contribution in [0.3, 0.4) is 0 Å². The van der Waals surface area contributed by atoms with E-state index in [4.69, 9.17) is 0 Å². The first-order valence-corrected chi connectivity index (χ1v) is 7.86. The van der Waals surface area contributed by atoms with Crippen molar-refractivity contribution < 1.29 is 9.59 Å². The molecule has 3 rings (SSSR count). The van der Waals surface area contributed by atoms with Crippen molar-refractivity contribution >= 4 is 11.8 Å². The second-order valence-electron chi connectivity index (χ2n) is 5.67. The minimum atomic E-state index is -0.162. The maximum atomic E-state index is 12.0. The highest BCUT2D eigenvalue weighted by Gasteiger charge is 2.18. The van der Waals surface area contributed by atoms with Gasteiger partial charge in [0, 0.05) is 19.3 Å². The maximum Gasteiger partial charge on any atom is 0.241 e. The number of benzene rings is 1. The summed E-state index contributed by atoms with van der Waals surface area (Å²) in [5.74, 6) is -0.166. The van der Waals surface area contributed by atoms with Crippen molar-refractivity contribution in [2.24, 2.45) is 0 Å². The number of nitrogens with one attached hydrogen (secondary N) is 1. The predicted molar refractivity (Wildman–Crippen MR) is 86.1 cm³/mol. The van der Waals surface area contributed by atoms with Crippen LogP contribution < -0.4 is 5.32 Å². The van der Waals surface area contributed by atoms with Crippen molar-refractivity contribution in [3.05, 3.63) is 48.3 Å². The van der Waals surface area contributed by atoms with E-state index in [1.165, 1.54) is 0 Å². The number of aromatic nitrogens is 2. The smallest absolute Gasteiger partial charge is 0.241 e. The standard InChI is InChI=1S/C17H20N4O2/c22-16(18-12-17(23)20-8-4-5-9-20)10-14-11-19-21(13-14)15-6-2-1-3-7-15/h1-3,6-7,11,13H,4-5,8-10,12H2,(H,18,22). The number of para-hydroxylation sites is 1. The molecule has 0 spiro atoms. The summed E-state index contributed by atoms with van der Waals surface area (Å²) >= 11 is 0. The maximum absolute atomic E-state index is 12.0. The predicted octanol–water partition coefficient (Wildman–Crippen LogP) is 1.15. The first-order valence-electron chi connectivity index (χ1n) is 7.86. The van der Waals surface area contributed by atoms with Crippen LogP contribution >= 0.6 is 0 Å². The van der Waals surface area contributed by atoms with Crippen molar-refractivity contribution in [3.8, 4) is 5.69 Å². The Bertz CT molecular complexity index is 675. The van der Waals surface area contributed by atoms with Crippen molar-refractivity contribution in [1.29, 1.82) is 0 Å². The first kappa shape index (κ1) is 15.3. The minimum absolute atomic E-state index is 0.00386. The van der Waals surface area contributed by atoms with E-state index in [1.54, 1.807) is 15.8 Å². The molecule has 2 aromatic rings. The molecule has 0 saturated carbocycles. The van der Waals surface area contributed by atoms with E-state index in [2.05, 4.69) is 10.4 Å². The van der Waals surface area contributed by atoms with Gasteiger partial charge in [0.2, 0.25) is 11.8 Å². The lowest BCUT2D eigenvalue weighted by molar-refractivity contribution is -0.131. The number of amides is 2. The fourth-order valence-electron chi connectivity index (χ4n) is 2.67. The molecule has 0 bridgehead atoms. The summed E-state index contributed by atoms with van der Waals surface area (Å²) in [6.45, 7) is 1.68. The van der Waals surface area contributed by atoms with Crippen LogP contribution in [-0.4, -0.2) is 46.1 Å². The third-order valence-corrected chi connectivity index (χ3v) is 3.92. The van der Waals surface area contributed by atoms with Gasteiger partial charge >= 0.3 is 0 Å². The van der Waals surface area contributed by atoms with Gasteiger partial charge in [0.1, 0.15) is 0 Å². The molecule has 1 fully saturated rings. The van der Waals surface area contributed by atoms with Crippen LogP contribution in [0.15, 0.2) is 42.7 Å². The second-order valence-corrected chi connectivity index (χ2v) is 5.67. The lowest BCUT2D eigenvalue weighted by atomic mass is 10.2. The number of rotatable bonds is 5. The Hall–Kier alpha value is -2.63. The van der Waals surface area contributed by atoms with Gasteiger partial charge in [0.05, 0.1) is 24.8 Å². The molecular formula is C17H20N4O2. The number of hydrogen-bond acceptors (Lipinski definition) is 3. The van der Waals surface area contributed by atoms with Crippen LogP contribution in [0.5, 0.6) is 0 Å². The number of hydrogen-bond donors (Lipinski definition) is 1. The third kappa shape index (κ3) is 3.97. The fourth-order valence-corrected chi connectivity index (χ4v) is 2.67. The molecule has 6 heteroatoms. The van der Waals surface area contributed by atoms with Gasteiger partial charge in [-0.15, -0.1) is 0 Å². The molecule has 1 N–H and O–H groups in total. The van der Waals surface area contributed by atoms with Crippen LogP contribution in [0.25, 0.3) is 5.69 Å². The van der Waals surface area contributed by atoms with Crippen LogP contribution in [0.4, 0.5) is 0 Å². The Labute approximate surface area is 135 Å². The molecule has 0 atom stereocenters. The molecule has 6 nitrogen and oxygen atoms in total. The van der Waals surface area contributed by atoms with Crippen molar-refractivity contribution in [1.82, 2.24) is 20.0 Å². The third-order valence-electron chi connectivity index (χ3n) is 3.92. The van der Waals surface area contributed by atoms with Gasteiger partial charge in [0.25, 0.3) is 0 Å². The summed E-state index contributed by atoms with van der Waals surface area (Å²) in [5, 5.41) is 6.95.